The molecule has 1 aromatic heterocycles. The fourth-order valence-corrected chi connectivity index (χ4v) is 3.25. The number of aliphatic hydroxyl groups excluding tert-OH is 1. The molecule has 11 heteroatoms. The highest BCUT2D eigenvalue weighted by atomic mass is 31.2. The van der Waals surface area contributed by atoms with Crippen molar-refractivity contribution in [2.24, 2.45) is 0 Å². The smallest absolute Gasteiger partial charge is 0.385 e. The molecule has 0 aromatic carbocycles. The Hall–Kier alpha value is -1.03. The number of nitrogens with two attached hydrogens (primary N) is 1. The Bertz CT molecular complexity index is 583. The minimum absolute atomic E-state index is 0.0316. The van der Waals surface area contributed by atoms with Crippen molar-refractivity contribution >= 4 is 21.2 Å². The molecule has 2 radical (unpaired) electrons. The molecule has 0 amide bonds. The number of ether oxygens (including phenoxy) is 1. The van der Waals surface area contributed by atoms with Crippen LogP contribution < -0.4 is 11.4 Å². The fraction of sp³-hybridized carbons (Fsp3) is 0.556. The predicted molar refractivity (Wildman–Crippen MR) is 68.5 cm³/mol. The minimum Gasteiger partial charge on any atom is -0.385 e. The summed E-state index contributed by atoms with van der Waals surface area (Å²) in [4.78, 5) is 24.9. The van der Waals surface area contributed by atoms with E-state index in [0.717, 1.165) is 4.57 Å². The molecule has 106 valence electrons. The second-order valence-corrected chi connectivity index (χ2v) is 6.13. The van der Waals surface area contributed by atoms with Gasteiger partial charge in [0.2, 0.25) is 0 Å². The Kier molecular flexibility index (Phi) is 3.32. The van der Waals surface area contributed by atoms with E-state index in [-0.39, 0.29) is 12.4 Å². The van der Waals surface area contributed by atoms with Gasteiger partial charge in [-0.1, -0.05) is 0 Å². The van der Waals surface area contributed by atoms with Crippen molar-refractivity contribution in [2.45, 2.75) is 24.5 Å². The number of hydrogen-bond acceptors (Lipinski definition) is 8. The summed E-state index contributed by atoms with van der Waals surface area (Å²) in [6, 6.07) is 1.41. The molecule has 0 bridgehead atoms. The maximum Gasteiger partial charge on any atom is 0.488 e. The largest absolute Gasteiger partial charge is 0.488 e. The molecule has 9 nitrogen and oxygen atoms in total. The second kappa shape index (κ2) is 4.76. The molecule has 5 atom stereocenters. The molecule has 1 aromatic rings. The summed E-state index contributed by atoms with van der Waals surface area (Å²) < 4.78 is 16.6. The molecule has 2 unspecified atom stereocenters. The topological polar surface area (TPSA) is 129 Å². The molecule has 3 heterocycles. The standard InChI is InChI=1S/C9H12BN3O6P/c10-20(16)17-3-4-7(19-20)6(14)8(18-4)13-2-1-5(11)12-9(13)15/h1-2,4,6-8,14,16H,3H2,(H2,11,12,15)/q+1/t4-,6?,7-,8-,20?/m1/s1. The van der Waals surface area contributed by atoms with Crippen LogP contribution in [0.3, 0.4) is 0 Å². The van der Waals surface area contributed by atoms with Gasteiger partial charge in [0.1, 0.15) is 24.6 Å². The Balaban J connectivity index is 1.88. The van der Waals surface area contributed by atoms with Crippen molar-refractivity contribution in [3.8, 4) is 0 Å². The lowest BCUT2D eigenvalue weighted by molar-refractivity contribution is -0.0629. The number of rotatable bonds is 1. The maximum absolute atomic E-state index is 11.7. The van der Waals surface area contributed by atoms with Crippen molar-refractivity contribution in [3.63, 3.8) is 0 Å². The van der Waals surface area contributed by atoms with Crippen LogP contribution in [-0.4, -0.2) is 52.0 Å². The van der Waals surface area contributed by atoms with Gasteiger partial charge < -0.3 is 15.6 Å². The third-order valence-electron chi connectivity index (χ3n) is 3.13. The lowest BCUT2D eigenvalue weighted by Crippen LogP contribution is -2.41. The van der Waals surface area contributed by atoms with E-state index >= 15 is 0 Å². The molecule has 4 N–H and O–H groups in total. The maximum atomic E-state index is 11.7. The van der Waals surface area contributed by atoms with Crippen molar-refractivity contribution in [3.05, 3.63) is 22.7 Å². The number of fused-ring (bicyclic) bond motifs is 1. The number of nitrogen functional groups attached to an aromatic ring is 1. The lowest BCUT2D eigenvalue weighted by Gasteiger charge is -2.27. The zero-order chi connectivity index (χ0) is 14.5. The first kappa shape index (κ1) is 13.9. The number of anilines is 1. The van der Waals surface area contributed by atoms with Crippen LogP contribution in [0.15, 0.2) is 17.1 Å². The number of aromatic nitrogens is 2. The van der Waals surface area contributed by atoms with Gasteiger partial charge in [-0.2, -0.15) is 14.0 Å². The molecule has 0 saturated carbocycles. The quantitative estimate of drug-likeness (QED) is 0.415. The van der Waals surface area contributed by atoms with E-state index in [2.05, 4.69) is 4.98 Å². The van der Waals surface area contributed by atoms with Crippen molar-refractivity contribution in [1.29, 1.82) is 0 Å². The van der Waals surface area contributed by atoms with E-state index in [4.69, 9.17) is 27.1 Å². The lowest BCUT2D eigenvalue weighted by atomic mass is 10.1. The van der Waals surface area contributed by atoms with E-state index < -0.39 is 38.1 Å². The van der Waals surface area contributed by atoms with Crippen molar-refractivity contribution in [2.75, 3.05) is 12.3 Å². The van der Waals surface area contributed by atoms with Gasteiger partial charge in [0.25, 0.3) is 0 Å². The Labute approximate surface area is 115 Å². The molecular formula is C9H12BN3O6P+. The molecule has 2 aliphatic rings. The first-order valence-electron chi connectivity index (χ1n) is 5.79. The summed E-state index contributed by atoms with van der Waals surface area (Å²) in [5.74, 6) is 0.0676. The Morgan fingerprint density at radius 1 is 1.60 bits per heavy atom. The van der Waals surface area contributed by atoms with E-state index in [0.29, 0.717) is 0 Å². The fourth-order valence-electron chi connectivity index (χ4n) is 2.22. The van der Waals surface area contributed by atoms with Gasteiger partial charge in [-0.15, -0.1) is 0 Å². The Morgan fingerprint density at radius 2 is 2.35 bits per heavy atom. The number of nitrogens with zero attached hydrogens (tertiary/aromatic N) is 2. The SMILES string of the molecule is [B][P+]1(O)OC[C@H]2O[C@@H](n3ccc(N)nc3=O)C(O)[C@@H]2O1. The summed E-state index contributed by atoms with van der Waals surface area (Å²) in [6.07, 6.45) is -2.35. The third-order valence-corrected chi connectivity index (χ3v) is 4.20. The van der Waals surface area contributed by atoms with Crippen LogP contribution in [-0.2, 0) is 13.8 Å². The van der Waals surface area contributed by atoms with Gasteiger partial charge >= 0.3 is 21.1 Å². The van der Waals surface area contributed by atoms with Crippen LogP contribution in [0.5, 0.6) is 0 Å². The summed E-state index contributed by atoms with van der Waals surface area (Å²) in [5.41, 5.74) is 4.74. The van der Waals surface area contributed by atoms with Crippen LogP contribution in [0.1, 0.15) is 6.23 Å². The van der Waals surface area contributed by atoms with E-state index in [1.54, 1.807) is 0 Å². The van der Waals surface area contributed by atoms with Crippen molar-refractivity contribution in [1.82, 2.24) is 9.55 Å². The van der Waals surface area contributed by atoms with Gasteiger partial charge in [-0.25, -0.2) is 9.69 Å². The molecule has 3 rings (SSSR count). The summed E-state index contributed by atoms with van der Waals surface area (Å²) in [5, 5.41) is 10.2. The van der Waals surface area contributed by atoms with Gasteiger partial charge in [-0.3, -0.25) is 4.57 Å². The highest BCUT2D eigenvalue weighted by Crippen LogP contribution is 2.58. The zero-order valence-electron chi connectivity index (χ0n) is 10.2. The number of aliphatic hydroxyl groups is 1. The molecule has 2 fully saturated rings. The minimum atomic E-state index is -3.44. The summed E-state index contributed by atoms with van der Waals surface area (Å²) in [7, 11) is 1.94. The van der Waals surface area contributed by atoms with Crippen LogP contribution in [0.25, 0.3) is 0 Å². The summed E-state index contributed by atoms with van der Waals surface area (Å²) in [6.45, 7) is -0.0316. The van der Waals surface area contributed by atoms with Crippen molar-refractivity contribution < 1.29 is 23.8 Å². The molecule has 0 spiro atoms. The van der Waals surface area contributed by atoms with Gasteiger partial charge in [0, 0.05) is 6.20 Å². The van der Waals surface area contributed by atoms with Crippen LogP contribution >= 0.6 is 7.82 Å². The average Bonchev–Trinajstić information content (AvgIpc) is 2.66. The van der Waals surface area contributed by atoms with Crippen LogP contribution in [0, 0.1) is 0 Å². The third kappa shape index (κ3) is 2.35. The number of hydrogen-bond donors (Lipinski definition) is 3. The zero-order valence-corrected chi connectivity index (χ0v) is 11.1. The first-order valence-corrected chi connectivity index (χ1v) is 7.43. The molecular weight excluding hydrogens is 288 g/mol. The molecule has 2 aliphatic heterocycles. The van der Waals surface area contributed by atoms with Gasteiger partial charge in [0.05, 0.1) is 0 Å². The monoisotopic (exact) mass is 300 g/mol. The van der Waals surface area contributed by atoms with Crippen LogP contribution in [0.4, 0.5) is 5.82 Å². The molecule has 2 saturated heterocycles. The predicted octanol–water partition coefficient (Wildman–Crippen LogP) is -1.66. The Morgan fingerprint density at radius 3 is 3.05 bits per heavy atom. The van der Waals surface area contributed by atoms with Gasteiger partial charge in [-0.05, 0) is 6.07 Å². The van der Waals surface area contributed by atoms with Crippen LogP contribution in [0.2, 0.25) is 0 Å². The first-order chi connectivity index (χ1) is 9.37. The highest BCUT2D eigenvalue weighted by molar-refractivity contribution is 7.85. The molecule has 20 heavy (non-hydrogen) atoms. The van der Waals surface area contributed by atoms with E-state index in [1.165, 1.54) is 12.3 Å². The molecule has 0 aliphatic carbocycles. The second-order valence-electron chi connectivity index (χ2n) is 4.53. The van der Waals surface area contributed by atoms with E-state index in [9.17, 15) is 14.8 Å². The highest BCUT2D eigenvalue weighted by Gasteiger charge is 2.56. The van der Waals surface area contributed by atoms with Gasteiger partial charge in [0.15, 0.2) is 12.3 Å². The summed E-state index contributed by atoms with van der Waals surface area (Å²) >= 11 is 0. The normalized spacial score (nSPS) is 40.5. The van der Waals surface area contributed by atoms with E-state index in [1.807, 2.05) is 0 Å². The average molecular weight is 300 g/mol.